The van der Waals surface area contributed by atoms with Crippen LogP contribution in [0.15, 0.2) is 38.5 Å². The third kappa shape index (κ3) is 2.61. The summed E-state index contributed by atoms with van der Waals surface area (Å²) in [5.74, 6) is 0. The van der Waals surface area contributed by atoms with Gasteiger partial charge in [0.1, 0.15) is 0 Å². The molecule has 0 spiro atoms. The van der Waals surface area contributed by atoms with Gasteiger partial charge in [-0.15, -0.1) is 0 Å². The van der Waals surface area contributed by atoms with Crippen molar-refractivity contribution >= 4 is 15.9 Å². The van der Waals surface area contributed by atoms with Crippen LogP contribution in [0.2, 0.25) is 0 Å². The van der Waals surface area contributed by atoms with Crippen LogP contribution in [0, 0.1) is 13.8 Å². The van der Waals surface area contributed by atoms with Crippen LogP contribution in [-0.4, -0.2) is 9.55 Å². The second-order valence-corrected chi connectivity index (χ2v) is 5.15. The molecule has 4 nitrogen and oxygen atoms in total. The maximum Gasteiger partial charge on any atom is 0.328 e. The van der Waals surface area contributed by atoms with E-state index in [1.807, 2.05) is 32.0 Å². The van der Waals surface area contributed by atoms with Crippen molar-refractivity contribution in [3.8, 4) is 0 Å². The van der Waals surface area contributed by atoms with Gasteiger partial charge in [0.15, 0.2) is 0 Å². The fraction of sp³-hybridized carbons (Fsp3) is 0.231. The Morgan fingerprint density at radius 3 is 2.72 bits per heavy atom. The van der Waals surface area contributed by atoms with E-state index in [-0.39, 0.29) is 0 Å². The normalized spacial score (nSPS) is 10.6. The first-order chi connectivity index (χ1) is 8.47. The van der Waals surface area contributed by atoms with Crippen LogP contribution >= 0.6 is 15.9 Å². The van der Waals surface area contributed by atoms with Crippen molar-refractivity contribution < 1.29 is 0 Å². The summed E-state index contributed by atoms with van der Waals surface area (Å²) >= 11 is 3.12. The number of H-pyrrole nitrogens is 1. The Kier molecular flexibility index (Phi) is 3.52. The van der Waals surface area contributed by atoms with Crippen molar-refractivity contribution in [3.05, 3.63) is 66.4 Å². The van der Waals surface area contributed by atoms with E-state index < -0.39 is 11.2 Å². The van der Waals surface area contributed by atoms with E-state index in [1.165, 1.54) is 10.8 Å². The largest absolute Gasteiger partial charge is 0.328 e. The zero-order valence-corrected chi connectivity index (χ0v) is 11.7. The molecule has 0 bridgehead atoms. The zero-order chi connectivity index (χ0) is 13.3. The lowest BCUT2D eigenvalue weighted by atomic mass is 10.1. The van der Waals surface area contributed by atoms with Gasteiger partial charge >= 0.3 is 5.69 Å². The summed E-state index contributed by atoms with van der Waals surface area (Å²) < 4.78 is 1.83. The minimum absolute atomic E-state index is 0.354. The molecule has 0 amide bonds. The van der Waals surface area contributed by atoms with Crippen molar-refractivity contribution in [2.45, 2.75) is 20.4 Å². The summed E-state index contributed by atoms with van der Waals surface area (Å²) in [5.41, 5.74) is 2.53. The van der Waals surface area contributed by atoms with E-state index in [0.29, 0.717) is 11.0 Å². The third-order valence-electron chi connectivity index (χ3n) is 2.81. The molecule has 0 radical (unpaired) electrons. The molecule has 0 aliphatic carbocycles. The smallest absolute Gasteiger partial charge is 0.295 e. The second kappa shape index (κ2) is 4.94. The van der Waals surface area contributed by atoms with Crippen molar-refractivity contribution in [3.63, 3.8) is 0 Å². The standard InChI is InChI=1S/C13H13BrN2O2/c1-8-3-4-9(2)10(5-8)6-16-7-11(14)12(17)15-13(16)18/h3-5,7H,6H2,1-2H3,(H,15,17,18). The van der Waals surface area contributed by atoms with Crippen LogP contribution < -0.4 is 11.2 Å². The number of hydrogen-bond acceptors (Lipinski definition) is 2. The van der Waals surface area contributed by atoms with Gasteiger partial charge in [0.05, 0.1) is 11.0 Å². The van der Waals surface area contributed by atoms with Gasteiger partial charge < -0.3 is 0 Å². The van der Waals surface area contributed by atoms with Crippen LogP contribution in [0.25, 0.3) is 0 Å². The zero-order valence-electron chi connectivity index (χ0n) is 10.2. The predicted molar refractivity (Wildman–Crippen MR) is 74.0 cm³/mol. The summed E-state index contributed by atoms with van der Waals surface area (Å²) in [6.07, 6.45) is 1.52. The van der Waals surface area contributed by atoms with Gasteiger partial charge in [0.25, 0.3) is 5.56 Å². The molecule has 0 saturated heterocycles. The number of nitrogens with one attached hydrogen (secondary N) is 1. The van der Waals surface area contributed by atoms with Crippen LogP contribution in [-0.2, 0) is 6.54 Å². The molecule has 0 aliphatic rings. The molecule has 0 atom stereocenters. The van der Waals surface area contributed by atoms with Crippen molar-refractivity contribution in [2.75, 3.05) is 0 Å². The Morgan fingerprint density at radius 1 is 1.28 bits per heavy atom. The number of rotatable bonds is 2. The fourth-order valence-electron chi connectivity index (χ4n) is 1.75. The maximum atomic E-state index is 11.7. The van der Waals surface area contributed by atoms with Crippen molar-refractivity contribution in [1.82, 2.24) is 9.55 Å². The minimum Gasteiger partial charge on any atom is -0.295 e. The number of halogens is 1. The van der Waals surface area contributed by atoms with Gasteiger partial charge in [-0.2, -0.15) is 0 Å². The number of aromatic amines is 1. The van der Waals surface area contributed by atoms with E-state index in [2.05, 4.69) is 20.9 Å². The number of aryl methyl sites for hydroxylation is 2. The first kappa shape index (κ1) is 12.8. The molecule has 1 aromatic carbocycles. The first-order valence-corrected chi connectivity index (χ1v) is 6.32. The van der Waals surface area contributed by atoms with Crippen LogP contribution in [0.4, 0.5) is 0 Å². The van der Waals surface area contributed by atoms with Crippen molar-refractivity contribution in [2.24, 2.45) is 0 Å². The Hall–Kier alpha value is -1.62. The van der Waals surface area contributed by atoms with E-state index in [9.17, 15) is 9.59 Å². The molecule has 1 aromatic heterocycles. The average Bonchev–Trinajstić information content (AvgIpc) is 2.30. The van der Waals surface area contributed by atoms with E-state index >= 15 is 0 Å². The van der Waals surface area contributed by atoms with Gasteiger partial charge in [0, 0.05) is 6.20 Å². The number of nitrogens with zero attached hydrogens (tertiary/aromatic N) is 1. The molecule has 1 heterocycles. The molecule has 1 N–H and O–H groups in total. The van der Waals surface area contributed by atoms with Crippen molar-refractivity contribution in [1.29, 1.82) is 0 Å². The summed E-state index contributed by atoms with van der Waals surface area (Å²) in [4.78, 5) is 25.2. The molecule has 0 unspecified atom stereocenters. The lowest BCUT2D eigenvalue weighted by Crippen LogP contribution is -2.30. The maximum absolute atomic E-state index is 11.7. The van der Waals surface area contributed by atoms with Gasteiger partial charge in [-0.25, -0.2) is 4.79 Å². The van der Waals surface area contributed by atoms with Gasteiger partial charge in [-0.1, -0.05) is 23.8 Å². The monoisotopic (exact) mass is 308 g/mol. The van der Waals surface area contributed by atoms with Gasteiger partial charge in [0.2, 0.25) is 0 Å². The highest BCUT2D eigenvalue weighted by Crippen LogP contribution is 2.12. The minimum atomic E-state index is -0.405. The molecule has 5 heteroatoms. The highest BCUT2D eigenvalue weighted by Gasteiger charge is 2.05. The lowest BCUT2D eigenvalue weighted by molar-refractivity contribution is 0.712. The molecule has 0 saturated carbocycles. The van der Waals surface area contributed by atoms with E-state index in [0.717, 1.165) is 16.7 Å². The van der Waals surface area contributed by atoms with Crippen LogP contribution in [0.3, 0.4) is 0 Å². The van der Waals surface area contributed by atoms with E-state index in [1.54, 1.807) is 0 Å². The molecular weight excluding hydrogens is 296 g/mol. The van der Waals surface area contributed by atoms with Crippen LogP contribution in [0.1, 0.15) is 16.7 Å². The third-order valence-corrected chi connectivity index (χ3v) is 3.38. The highest BCUT2D eigenvalue weighted by atomic mass is 79.9. The Balaban J connectivity index is 2.46. The topological polar surface area (TPSA) is 54.9 Å². The Bertz CT molecular complexity index is 701. The fourth-order valence-corrected chi connectivity index (χ4v) is 2.10. The summed E-state index contributed by atoms with van der Waals surface area (Å²) in [7, 11) is 0. The Labute approximate surface area is 112 Å². The molecule has 0 fully saturated rings. The molecule has 94 valence electrons. The molecular formula is C13H13BrN2O2. The highest BCUT2D eigenvalue weighted by molar-refractivity contribution is 9.10. The number of aromatic nitrogens is 2. The van der Waals surface area contributed by atoms with Crippen LogP contribution in [0.5, 0.6) is 0 Å². The average molecular weight is 309 g/mol. The number of benzene rings is 1. The summed E-state index contributed by atoms with van der Waals surface area (Å²) in [6, 6.07) is 6.10. The lowest BCUT2D eigenvalue weighted by Gasteiger charge is -2.09. The van der Waals surface area contributed by atoms with Gasteiger partial charge in [-0.05, 0) is 40.9 Å². The summed E-state index contributed by atoms with van der Waals surface area (Å²) in [6.45, 7) is 4.46. The Morgan fingerprint density at radius 2 is 2.00 bits per heavy atom. The quantitative estimate of drug-likeness (QED) is 0.922. The molecule has 0 aliphatic heterocycles. The first-order valence-electron chi connectivity index (χ1n) is 5.53. The molecule has 2 aromatic rings. The molecule has 18 heavy (non-hydrogen) atoms. The SMILES string of the molecule is Cc1ccc(C)c(Cn2cc(Br)c(=O)[nH]c2=O)c1. The summed E-state index contributed by atoms with van der Waals surface area (Å²) in [5, 5.41) is 0. The molecule has 2 rings (SSSR count). The predicted octanol–water partition coefficient (Wildman–Crippen LogP) is 1.96. The van der Waals surface area contributed by atoms with Gasteiger partial charge in [-0.3, -0.25) is 14.3 Å². The van der Waals surface area contributed by atoms with E-state index in [4.69, 9.17) is 0 Å². The second-order valence-electron chi connectivity index (χ2n) is 4.29. The number of hydrogen-bond donors (Lipinski definition) is 1.